The summed E-state index contributed by atoms with van der Waals surface area (Å²) < 4.78 is 12.5. The molecule has 5 unspecified atom stereocenters. The zero-order valence-corrected chi connectivity index (χ0v) is 18.1. The van der Waals surface area contributed by atoms with E-state index in [1.165, 1.54) is 11.1 Å². The van der Waals surface area contributed by atoms with Gasteiger partial charge in [0.25, 0.3) is 0 Å². The van der Waals surface area contributed by atoms with E-state index in [1.54, 1.807) is 7.11 Å². The fraction of sp³-hybridized carbons (Fsp3) is 0.423. The molecule has 0 aliphatic carbocycles. The van der Waals surface area contributed by atoms with E-state index in [-0.39, 0.29) is 24.0 Å². The van der Waals surface area contributed by atoms with Crippen LogP contribution in [0.25, 0.3) is 0 Å². The maximum atomic E-state index is 6.78. The Bertz CT molecular complexity index is 867. The molecular formula is C26H32N2O2. The Balaban J connectivity index is 1.64. The summed E-state index contributed by atoms with van der Waals surface area (Å²) in [6.07, 6.45) is 7.79. The molecule has 0 amide bonds. The molecule has 1 fully saturated rings. The molecule has 4 nitrogen and oxygen atoms in total. The van der Waals surface area contributed by atoms with Crippen LogP contribution in [0.15, 0.2) is 77.8 Å². The van der Waals surface area contributed by atoms with E-state index in [2.05, 4.69) is 90.5 Å². The maximum absolute atomic E-state index is 6.78. The second kappa shape index (κ2) is 9.25. The van der Waals surface area contributed by atoms with E-state index >= 15 is 0 Å². The molecule has 5 atom stereocenters. The monoisotopic (exact) mass is 404 g/mol. The smallest absolute Gasteiger partial charge is 0.159 e. The number of allylic oxidation sites excluding steroid dienone is 1. The molecular weight excluding hydrogens is 372 g/mol. The highest BCUT2D eigenvalue weighted by atomic mass is 16.5. The first-order valence-corrected chi connectivity index (χ1v) is 10.9. The third-order valence-corrected chi connectivity index (χ3v) is 6.52. The number of ether oxygens (including phenoxy) is 2. The summed E-state index contributed by atoms with van der Waals surface area (Å²) in [6, 6.07) is 21.7. The lowest BCUT2D eigenvalue weighted by Gasteiger charge is -2.37. The molecule has 0 N–H and O–H groups in total. The number of hydrogen-bond donors (Lipinski definition) is 0. The van der Waals surface area contributed by atoms with Crippen LogP contribution < -0.4 is 0 Å². The predicted molar refractivity (Wildman–Crippen MR) is 122 cm³/mol. The zero-order valence-electron chi connectivity index (χ0n) is 18.1. The molecule has 30 heavy (non-hydrogen) atoms. The lowest BCUT2D eigenvalue weighted by molar-refractivity contribution is -0.0858. The fourth-order valence-electron chi connectivity index (χ4n) is 4.72. The third-order valence-electron chi connectivity index (χ3n) is 6.52. The quantitative estimate of drug-likeness (QED) is 0.649. The molecule has 158 valence electrons. The van der Waals surface area contributed by atoms with Gasteiger partial charge in [-0.2, -0.15) is 0 Å². The Labute approximate surface area is 180 Å². The van der Waals surface area contributed by atoms with E-state index in [1.807, 2.05) is 12.3 Å². The molecule has 0 radical (unpaired) electrons. The highest BCUT2D eigenvalue weighted by Crippen LogP contribution is 2.44. The van der Waals surface area contributed by atoms with Crippen LogP contribution in [0.1, 0.15) is 37.6 Å². The van der Waals surface area contributed by atoms with Crippen LogP contribution in [0.2, 0.25) is 0 Å². The molecule has 2 aliphatic rings. The summed E-state index contributed by atoms with van der Waals surface area (Å²) in [5.41, 5.74) is 2.26. The SMILES string of the molecule is CCC(Cc1ccccc1)N1CC(C2(C)C=CC=NC2OC)OC1c1ccccc1. The highest BCUT2D eigenvalue weighted by molar-refractivity contribution is 5.72. The van der Waals surface area contributed by atoms with Crippen molar-refractivity contribution in [1.29, 1.82) is 0 Å². The molecule has 0 saturated carbocycles. The molecule has 1 saturated heterocycles. The Kier molecular flexibility index (Phi) is 6.47. The van der Waals surface area contributed by atoms with Crippen molar-refractivity contribution in [3.05, 3.63) is 83.9 Å². The van der Waals surface area contributed by atoms with Crippen LogP contribution in [0.3, 0.4) is 0 Å². The first kappa shape index (κ1) is 21.0. The number of benzene rings is 2. The van der Waals surface area contributed by atoms with E-state index in [0.717, 1.165) is 19.4 Å². The van der Waals surface area contributed by atoms with E-state index < -0.39 is 0 Å². The van der Waals surface area contributed by atoms with Gasteiger partial charge in [-0.15, -0.1) is 0 Å². The van der Waals surface area contributed by atoms with Gasteiger partial charge in [-0.25, -0.2) is 0 Å². The largest absolute Gasteiger partial charge is 0.359 e. The van der Waals surface area contributed by atoms with Crippen molar-refractivity contribution in [2.24, 2.45) is 10.4 Å². The van der Waals surface area contributed by atoms with Crippen LogP contribution >= 0.6 is 0 Å². The van der Waals surface area contributed by atoms with Gasteiger partial charge >= 0.3 is 0 Å². The zero-order chi connectivity index (χ0) is 21.0. The number of rotatable bonds is 7. The molecule has 0 bridgehead atoms. The summed E-state index contributed by atoms with van der Waals surface area (Å²) in [5.74, 6) is 0. The summed E-state index contributed by atoms with van der Waals surface area (Å²) in [7, 11) is 1.73. The minimum absolute atomic E-state index is 0.00817. The van der Waals surface area contributed by atoms with Gasteiger partial charge in [-0.3, -0.25) is 9.89 Å². The fourth-order valence-corrected chi connectivity index (χ4v) is 4.72. The number of aliphatic imine (C=N–C) groups is 1. The second-order valence-electron chi connectivity index (χ2n) is 8.45. The molecule has 2 heterocycles. The van der Waals surface area contributed by atoms with Gasteiger partial charge in [-0.1, -0.05) is 73.7 Å². The molecule has 2 aromatic rings. The van der Waals surface area contributed by atoms with Gasteiger partial charge in [0.2, 0.25) is 0 Å². The van der Waals surface area contributed by atoms with E-state index in [9.17, 15) is 0 Å². The van der Waals surface area contributed by atoms with Gasteiger partial charge in [-0.05, 0) is 37.0 Å². The number of methoxy groups -OCH3 is 1. The van der Waals surface area contributed by atoms with Crippen LogP contribution in [-0.4, -0.2) is 43.1 Å². The van der Waals surface area contributed by atoms with Gasteiger partial charge < -0.3 is 9.47 Å². The standard InChI is InChI=1S/C26H32N2O2/c1-4-22(18-20-12-7-5-8-13-20)28-19-23(26(2)16-11-17-27-25(26)29-3)30-24(28)21-14-9-6-10-15-21/h5-17,22-25H,4,18-19H2,1-3H3. The van der Waals surface area contributed by atoms with Gasteiger partial charge in [0.15, 0.2) is 6.23 Å². The first-order valence-electron chi connectivity index (χ1n) is 10.9. The molecule has 2 aromatic carbocycles. The van der Waals surface area contributed by atoms with E-state index in [0.29, 0.717) is 6.04 Å². The molecule has 4 rings (SSSR count). The van der Waals surface area contributed by atoms with E-state index in [4.69, 9.17) is 9.47 Å². The summed E-state index contributed by atoms with van der Waals surface area (Å²) >= 11 is 0. The summed E-state index contributed by atoms with van der Waals surface area (Å²) in [6.45, 7) is 5.32. The van der Waals surface area contributed by atoms with Crippen molar-refractivity contribution >= 4 is 6.21 Å². The van der Waals surface area contributed by atoms with Crippen LogP contribution in [0.4, 0.5) is 0 Å². The van der Waals surface area contributed by atoms with Crippen LogP contribution in [0, 0.1) is 5.41 Å². The molecule has 0 aromatic heterocycles. The van der Waals surface area contributed by atoms with Crippen molar-refractivity contribution in [3.8, 4) is 0 Å². The number of dihydropyridines is 1. The van der Waals surface area contributed by atoms with Crippen LogP contribution in [0.5, 0.6) is 0 Å². The van der Waals surface area contributed by atoms with Crippen molar-refractivity contribution < 1.29 is 9.47 Å². The maximum Gasteiger partial charge on any atom is 0.159 e. The first-order chi connectivity index (χ1) is 14.7. The minimum Gasteiger partial charge on any atom is -0.359 e. The average molecular weight is 405 g/mol. The Morgan fingerprint density at radius 2 is 1.83 bits per heavy atom. The Morgan fingerprint density at radius 3 is 2.50 bits per heavy atom. The molecule has 2 aliphatic heterocycles. The topological polar surface area (TPSA) is 34.1 Å². The van der Waals surface area contributed by atoms with Crippen LogP contribution in [-0.2, 0) is 15.9 Å². The predicted octanol–water partition coefficient (Wildman–Crippen LogP) is 5.03. The van der Waals surface area contributed by atoms with Crippen molar-refractivity contribution in [1.82, 2.24) is 4.90 Å². The van der Waals surface area contributed by atoms with Gasteiger partial charge in [0.1, 0.15) is 6.23 Å². The van der Waals surface area contributed by atoms with Gasteiger partial charge in [0, 0.05) is 25.9 Å². The number of nitrogens with zero attached hydrogens (tertiary/aromatic N) is 2. The summed E-state index contributed by atoms with van der Waals surface area (Å²) in [4.78, 5) is 7.11. The third kappa shape index (κ3) is 4.13. The van der Waals surface area contributed by atoms with Crippen molar-refractivity contribution in [3.63, 3.8) is 0 Å². The number of hydrogen-bond acceptors (Lipinski definition) is 4. The Hall–Kier alpha value is -2.27. The lowest BCUT2D eigenvalue weighted by Crippen LogP contribution is -2.45. The van der Waals surface area contributed by atoms with Gasteiger partial charge in [0.05, 0.1) is 11.5 Å². The second-order valence-corrected chi connectivity index (χ2v) is 8.45. The normalized spacial score (nSPS) is 29.9. The minimum atomic E-state index is -0.309. The van der Waals surface area contributed by atoms with Crippen molar-refractivity contribution in [2.75, 3.05) is 13.7 Å². The van der Waals surface area contributed by atoms with Crippen molar-refractivity contribution in [2.45, 2.75) is 51.3 Å². The molecule has 4 heteroatoms. The molecule has 0 spiro atoms. The highest BCUT2D eigenvalue weighted by Gasteiger charge is 2.49. The Morgan fingerprint density at radius 1 is 1.13 bits per heavy atom. The summed E-state index contributed by atoms with van der Waals surface area (Å²) in [5, 5.41) is 0. The average Bonchev–Trinajstić information content (AvgIpc) is 3.25. The lowest BCUT2D eigenvalue weighted by atomic mass is 9.80.